The number of amides is 1. The molecule has 1 amide bonds. The molecular weight excluding hydrogens is 414 g/mol. The number of ether oxygens (including phenoxy) is 1. The predicted molar refractivity (Wildman–Crippen MR) is 130 cm³/mol. The average Bonchev–Trinajstić information content (AvgIpc) is 3.41. The molecule has 0 radical (unpaired) electrons. The molecule has 1 fully saturated rings. The Morgan fingerprint density at radius 2 is 2.12 bits per heavy atom. The molecule has 5 rings (SSSR count). The number of rotatable bonds is 5. The number of morpholine rings is 1. The Morgan fingerprint density at radius 3 is 2.88 bits per heavy atom. The number of likely N-dealkylation sites (N-methyl/N-ethyl adjacent to an activating group) is 1. The molecule has 2 atom stereocenters. The Hall–Kier alpha value is -2.38. The Bertz CT molecular complexity index is 1040. The van der Waals surface area contributed by atoms with Crippen molar-refractivity contribution >= 4 is 12.0 Å². The molecule has 0 bridgehead atoms. The summed E-state index contributed by atoms with van der Waals surface area (Å²) in [5.41, 5.74) is 7.51. The van der Waals surface area contributed by atoms with Crippen molar-refractivity contribution in [1.29, 1.82) is 0 Å². The first kappa shape index (κ1) is 22.4. The molecule has 2 aliphatic carbocycles. The van der Waals surface area contributed by atoms with Crippen molar-refractivity contribution in [3.05, 3.63) is 34.7 Å². The number of hydrogen-bond donors (Lipinski definition) is 2. The van der Waals surface area contributed by atoms with E-state index in [-0.39, 0.29) is 18.0 Å². The van der Waals surface area contributed by atoms with Gasteiger partial charge in [0.05, 0.1) is 31.0 Å². The van der Waals surface area contributed by atoms with Crippen LogP contribution < -0.4 is 0 Å². The molecule has 178 valence electrons. The van der Waals surface area contributed by atoms with Crippen molar-refractivity contribution in [1.82, 2.24) is 25.0 Å². The third kappa shape index (κ3) is 4.28. The highest BCUT2D eigenvalue weighted by molar-refractivity contribution is 5.82. The van der Waals surface area contributed by atoms with Crippen molar-refractivity contribution < 1.29 is 9.53 Å². The van der Waals surface area contributed by atoms with E-state index in [2.05, 4.69) is 59.1 Å². The fraction of sp³-hybridized carbons (Fsp3) is 0.615. The monoisotopic (exact) mass is 451 g/mol. The smallest absolute Gasteiger partial charge is 0.240 e. The van der Waals surface area contributed by atoms with Crippen LogP contribution in [0.4, 0.5) is 0 Å². The van der Waals surface area contributed by atoms with Crippen LogP contribution in [0.1, 0.15) is 56.6 Å². The zero-order valence-corrected chi connectivity index (χ0v) is 20.4. The van der Waals surface area contributed by atoms with Gasteiger partial charge in [0.25, 0.3) is 0 Å². The summed E-state index contributed by atoms with van der Waals surface area (Å²) in [6.07, 6.45) is 8.46. The van der Waals surface area contributed by atoms with Crippen LogP contribution in [0.3, 0.4) is 0 Å². The molecular formula is C26H37N5O2. The van der Waals surface area contributed by atoms with Crippen LogP contribution in [0.15, 0.2) is 12.1 Å². The van der Waals surface area contributed by atoms with Crippen molar-refractivity contribution in [2.24, 2.45) is 5.41 Å². The average molecular weight is 452 g/mol. The highest BCUT2D eigenvalue weighted by atomic mass is 16.5. The quantitative estimate of drug-likeness (QED) is 0.730. The number of fused-ring (bicyclic) bond motifs is 2. The summed E-state index contributed by atoms with van der Waals surface area (Å²) >= 11 is 0. The van der Waals surface area contributed by atoms with Gasteiger partial charge in [0, 0.05) is 43.0 Å². The number of H-pyrrole nitrogens is 2. The van der Waals surface area contributed by atoms with Crippen LogP contribution in [0.25, 0.3) is 17.5 Å². The maximum atomic E-state index is 13.4. The molecule has 1 saturated heterocycles. The second kappa shape index (κ2) is 8.76. The van der Waals surface area contributed by atoms with E-state index in [1.807, 2.05) is 11.8 Å². The molecule has 2 N–H and O–H groups in total. The predicted octanol–water partition coefficient (Wildman–Crippen LogP) is 3.43. The molecule has 2 aromatic rings. The summed E-state index contributed by atoms with van der Waals surface area (Å²) in [4.78, 5) is 21.3. The van der Waals surface area contributed by atoms with Gasteiger partial charge in [-0.2, -0.15) is 5.10 Å². The van der Waals surface area contributed by atoms with Gasteiger partial charge in [-0.05, 0) is 50.2 Å². The lowest BCUT2D eigenvalue weighted by Crippen LogP contribution is -2.53. The van der Waals surface area contributed by atoms with Crippen LogP contribution in [0.5, 0.6) is 0 Å². The zero-order valence-electron chi connectivity index (χ0n) is 20.4. The van der Waals surface area contributed by atoms with Crippen molar-refractivity contribution in [2.45, 2.75) is 65.5 Å². The Balaban J connectivity index is 1.33. The van der Waals surface area contributed by atoms with Gasteiger partial charge in [0.2, 0.25) is 5.91 Å². The maximum Gasteiger partial charge on any atom is 0.240 e. The first-order valence-corrected chi connectivity index (χ1v) is 12.4. The minimum Gasteiger partial charge on any atom is -0.379 e. The van der Waals surface area contributed by atoms with E-state index in [0.717, 1.165) is 43.7 Å². The minimum atomic E-state index is -0.123. The number of nitrogens with one attached hydrogen (secondary N) is 2. The van der Waals surface area contributed by atoms with Gasteiger partial charge in [-0.15, -0.1) is 0 Å². The molecule has 3 heterocycles. The lowest BCUT2D eigenvalue weighted by Gasteiger charge is -2.37. The summed E-state index contributed by atoms with van der Waals surface area (Å²) in [6, 6.07) is 2.16. The van der Waals surface area contributed by atoms with E-state index in [0.29, 0.717) is 25.2 Å². The minimum absolute atomic E-state index is 0.0684. The van der Waals surface area contributed by atoms with Gasteiger partial charge >= 0.3 is 0 Å². The molecule has 3 aliphatic rings. The highest BCUT2D eigenvalue weighted by Crippen LogP contribution is 2.38. The third-order valence-corrected chi connectivity index (χ3v) is 7.73. The summed E-state index contributed by atoms with van der Waals surface area (Å²) in [5, 5.41) is 7.99. The first-order valence-electron chi connectivity index (χ1n) is 12.4. The first-order chi connectivity index (χ1) is 15.9. The van der Waals surface area contributed by atoms with Crippen LogP contribution in [0, 0.1) is 5.41 Å². The van der Waals surface area contributed by atoms with Gasteiger partial charge in [-0.3, -0.25) is 14.8 Å². The summed E-state index contributed by atoms with van der Waals surface area (Å²) < 4.78 is 5.46. The molecule has 7 heteroatoms. The van der Waals surface area contributed by atoms with E-state index in [4.69, 9.17) is 4.74 Å². The maximum absolute atomic E-state index is 13.4. The topological polar surface area (TPSA) is 77.2 Å². The third-order valence-electron chi connectivity index (χ3n) is 7.73. The van der Waals surface area contributed by atoms with Crippen molar-refractivity contribution in [3.63, 3.8) is 0 Å². The molecule has 0 saturated carbocycles. The largest absolute Gasteiger partial charge is 0.379 e. The van der Waals surface area contributed by atoms with Crippen LogP contribution >= 0.6 is 0 Å². The summed E-state index contributed by atoms with van der Waals surface area (Å²) in [6.45, 7) is 12.5. The molecule has 1 unspecified atom stereocenters. The standard InChI is InChI=1S/C26H37N5O2/c1-5-31(25(32)17(2)30-10-12-33-13-11-30)19-7-6-18-14-22(27-21(18)15-19)24-20-8-9-26(3,4)16-23(20)28-29-24/h6-7,14,17,19,27H,5,8-13,15-16H2,1-4H3,(H,28,29)/t17-,19?/m0/s1. The number of hydrogen-bond acceptors (Lipinski definition) is 4. The lowest BCUT2D eigenvalue weighted by molar-refractivity contribution is -0.139. The number of carbonyl (C=O) groups excluding carboxylic acids is 1. The van der Waals surface area contributed by atoms with Crippen LogP contribution in [0.2, 0.25) is 0 Å². The van der Waals surface area contributed by atoms with Gasteiger partial charge in [-0.25, -0.2) is 0 Å². The number of carbonyl (C=O) groups is 1. The fourth-order valence-electron chi connectivity index (χ4n) is 5.65. The number of nitrogens with zero attached hydrogens (tertiary/aromatic N) is 3. The van der Waals surface area contributed by atoms with E-state index in [9.17, 15) is 4.79 Å². The van der Waals surface area contributed by atoms with Crippen molar-refractivity contribution in [2.75, 3.05) is 32.8 Å². The normalized spacial score (nSPS) is 23.1. The molecule has 1 aliphatic heterocycles. The molecule has 0 aromatic carbocycles. The number of aromatic nitrogens is 3. The van der Waals surface area contributed by atoms with Gasteiger partial charge in [0.1, 0.15) is 5.69 Å². The van der Waals surface area contributed by atoms with E-state index in [1.165, 1.54) is 28.9 Å². The summed E-state index contributed by atoms with van der Waals surface area (Å²) in [7, 11) is 0. The van der Waals surface area contributed by atoms with Gasteiger partial charge in [-0.1, -0.05) is 26.0 Å². The highest BCUT2D eigenvalue weighted by Gasteiger charge is 2.33. The van der Waals surface area contributed by atoms with Crippen LogP contribution in [-0.2, 0) is 28.8 Å². The van der Waals surface area contributed by atoms with Crippen molar-refractivity contribution in [3.8, 4) is 11.4 Å². The van der Waals surface area contributed by atoms with E-state index in [1.54, 1.807) is 0 Å². The van der Waals surface area contributed by atoms with E-state index < -0.39 is 0 Å². The second-order valence-corrected chi connectivity index (χ2v) is 10.6. The molecule has 33 heavy (non-hydrogen) atoms. The lowest BCUT2D eigenvalue weighted by atomic mass is 9.76. The van der Waals surface area contributed by atoms with E-state index >= 15 is 0 Å². The molecule has 7 nitrogen and oxygen atoms in total. The fourth-order valence-corrected chi connectivity index (χ4v) is 5.65. The van der Waals surface area contributed by atoms with Crippen LogP contribution in [-0.4, -0.2) is 75.8 Å². The second-order valence-electron chi connectivity index (χ2n) is 10.6. The zero-order chi connectivity index (χ0) is 23.2. The van der Waals surface area contributed by atoms with Gasteiger partial charge in [0.15, 0.2) is 0 Å². The Morgan fingerprint density at radius 1 is 1.33 bits per heavy atom. The summed E-state index contributed by atoms with van der Waals surface area (Å²) in [5.74, 6) is 0.202. The SMILES string of the molecule is CCN(C(=O)[C@H](C)N1CCOCC1)C1C=Cc2cc(-c3n[nH]c4c3CCC(C)(C)C4)[nH]c2C1. The Kier molecular flexibility index (Phi) is 5.95. The number of aromatic amines is 2. The Labute approximate surface area is 196 Å². The molecule has 2 aromatic heterocycles. The van der Waals surface area contributed by atoms with Gasteiger partial charge < -0.3 is 14.6 Å². The molecule has 0 spiro atoms.